The second kappa shape index (κ2) is 9.66. The first-order valence-corrected chi connectivity index (χ1v) is 10.8. The zero-order valence-corrected chi connectivity index (χ0v) is 17.4. The quantitative estimate of drug-likeness (QED) is 0.661. The van der Waals surface area contributed by atoms with Crippen molar-refractivity contribution in [2.24, 2.45) is 5.73 Å². The van der Waals surface area contributed by atoms with Crippen molar-refractivity contribution in [2.75, 3.05) is 23.7 Å². The normalized spacial score (nSPS) is 21.2. The molecule has 162 valence electrons. The van der Waals surface area contributed by atoms with E-state index in [0.29, 0.717) is 23.0 Å². The molecule has 2 aliphatic rings. The number of anilines is 3. The van der Waals surface area contributed by atoms with Crippen LogP contribution in [0.5, 0.6) is 0 Å². The van der Waals surface area contributed by atoms with Gasteiger partial charge in [-0.3, -0.25) is 4.79 Å². The van der Waals surface area contributed by atoms with Gasteiger partial charge < -0.3 is 21.3 Å². The fraction of sp³-hybridized carbons (Fsp3) is 0.524. The third-order valence-corrected chi connectivity index (χ3v) is 5.74. The van der Waals surface area contributed by atoms with Crippen molar-refractivity contribution in [3.8, 4) is 6.07 Å². The van der Waals surface area contributed by atoms with Gasteiger partial charge in [0.1, 0.15) is 11.9 Å². The van der Waals surface area contributed by atoms with Crippen LogP contribution in [0.1, 0.15) is 61.1 Å². The van der Waals surface area contributed by atoms with Crippen molar-refractivity contribution < 1.29 is 4.79 Å². The number of nitriles is 1. The van der Waals surface area contributed by atoms with E-state index >= 15 is 0 Å². The predicted octanol–water partition coefficient (Wildman–Crippen LogP) is 2.19. The number of carbonyl (C=O) groups excluding carboxylic acids is 1. The number of amides is 1. The number of piperidine rings is 1. The highest BCUT2D eigenvalue weighted by Crippen LogP contribution is 2.26. The first-order chi connectivity index (χ1) is 15.1. The van der Waals surface area contributed by atoms with Gasteiger partial charge in [0.25, 0.3) is 5.91 Å². The Morgan fingerprint density at radius 2 is 1.94 bits per heavy atom. The molecule has 2 aromatic rings. The summed E-state index contributed by atoms with van der Waals surface area (Å²) in [7, 11) is 0. The first-order valence-electron chi connectivity index (χ1n) is 10.8. The van der Waals surface area contributed by atoms with Gasteiger partial charge in [-0.05, 0) is 44.9 Å². The Balaban J connectivity index is 1.58. The minimum absolute atomic E-state index is 0.0977. The number of aromatic nitrogens is 4. The van der Waals surface area contributed by atoms with Crippen LogP contribution in [0.15, 0.2) is 18.5 Å². The standard InChI is InChI=1S/C21H27N9O/c22-11-16-12-25-19(13-24-16)27-18-10-17(26-15-6-4-5-14(23)9-15)20(29-28-18)21(31)30-7-2-1-3-8-30/h10,12-15H,1-9,23H2,(H2,25,26,27,28). The number of nitrogens with two attached hydrogens (primary N) is 1. The highest BCUT2D eigenvalue weighted by molar-refractivity contribution is 5.98. The molecule has 10 heteroatoms. The van der Waals surface area contributed by atoms with Gasteiger partial charge >= 0.3 is 0 Å². The van der Waals surface area contributed by atoms with E-state index in [9.17, 15) is 4.79 Å². The van der Waals surface area contributed by atoms with E-state index < -0.39 is 0 Å². The number of nitrogens with zero attached hydrogens (tertiary/aromatic N) is 6. The molecule has 4 rings (SSSR count). The van der Waals surface area contributed by atoms with Crippen molar-refractivity contribution in [1.29, 1.82) is 5.26 Å². The second-order valence-electron chi connectivity index (χ2n) is 8.14. The fourth-order valence-electron chi connectivity index (χ4n) is 4.13. The maximum Gasteiger partial charge on any atom is 0.276 e. The molecule has 0 bridgehead atoms. The van der Waals surface area contributed by atoms with Gasteiger partial charge in [0.15, 0.2) is 17.2 Å². The number of hydrogen-bond acceptors (Lipinski definition) is 9. The van der Waals surface area contributed by atoms with Gasteiger partial charge in [-0.25, -0.2) is 9.97 Å². The third-order valence-electron chi connectivity index (χ3n) is 5.74. The molecule has 0 aromatic carbocycles. The molecule has 2 unspecified atom stereocenters. The Morgan fingerprint density at radius 1 is 1.10 bits per heavy atom. The molecule has 1 amide bonds. The van der Waals surface area contributed by atoms with Crippen LogP contribution in [0.2, 0.25) is 0 Å². The minimum atomic E-state index is -0.0977. The summed E-state index contributed by atoms with van der Waals surface area (Å²) >= 11 is 0. The molecule has 10 nitrogen and oxygen atoms in total. The van der Waals surface area contributed by atoms with Crippen molar-refractivity contribution in [2.45, 2.75) is 57.0 Å². The van der Waals surface area contributed by atoms with Crippen LogP contribution in [0.25, 0.3) is 0 Å². The number of carbonyl (C=O) groups is 1. The summed E-state index contributed by atoms with van der Waals surface area (Å²) in [6, 6.07) is 4.06. The SMILES string of the molecule is N#Cc1cnc(Nc2cc(NC3CCCC(N)C3)c(C(=O)N3CCCCC3)nn2)cn1. The van der Waals surface area contributed by atoms with Crippen molar-refractivity contribution >= 4 is 23.2 Å². The molecular weight excluding hydrogens is 394 g/mol. The summed E-state index contributed by atoms with van der Waals surface area (Å²) in [5.74, 6) is 0.783. The highest BCUT2D eigenvalue weighted by Gasteiger charge is 2.26. The number of rotatable bonds is 5. The van der Waals surface area contributed by atoms with Gasteiger partial charge in [-0.2, -0.15) is 5.26 Å². The number of hydrogen-bond donors (Lipinski definition) is 3. The maximum atomic E-state index is 13.2. The molecule has 4 N–H and O–H groups in total. The minimum Gasteiger partial charge on any atom is -0.380 e. The smallest absolute Gasteiger partial charge is 0.276 e. The zero-order valence-electron chi connectivity index (χ0n) is 17.4. The molecule has 0 spiro atoms. The average molecular weight is 422 g/mol. The molecule has 1 saturated heterocycles. The van der Waals surface area contributed by atoms with Crippen LogP contribution in [0, 0.1) is 11.3 Å². The molecule has 0 radical (unpaired) electrons. The van der Waals surface area contributed by atoms with E-state index in [1.54, 1.807) is 6.07 Å². The van der Waals surface area contributed by atoms with Crippen LogP contribution >= 0.6 is 0 Å². The Hall–Kier alpha value is -3.32. The molecule has 2 atom stereocenters. The lowest BCUT2D eigenvalue weighted by atomic mass is 9.91. The third kappa shape index (κ3) is 5.24. The first kappa shape index (κ1) is 20.9. The summed E-state index contributed by atoms with van der Waals surface area (Å²) in [6.07, 6.45) is 9.94. The summed E-state index contributed by atoms with van der Waals surface area (Å²) in [6.45, 7) is 1.49. The van der Waals surface area contributed by atoms with E-state index in [1.165, 1.54) is 12.4 Å². The van der Waals surface area contributed by atoms with Gasteiger partial charge in [-0.1, -0.05) is 0 Å². The largest absolute Gasteiger partial charge is 0.380 e. The van der Waals surface area contributed by atoms with Crippen molar-refractivity contribution in [1.82, 2.24) is 25.1 Å². The Labute approximate surface area is 181 Å². The van der Waals surface area contributed by atoms with Gasteiger partial charge in [0, 0.05) is 31.2 Å². The molecule has 31 heavy (non-hydrogen) atoms. The van der Waals surface area contributed by atoms with Gasteiger partial charge in [-0.15, -0.1) is 10.2 Å². The van der Waals surface area contributed by atoms with Crippen LogP contribution in [0.3, 0.4) is 0 Å². The zero-order chi connectivity index (χ0) is 21.6. The Kier molecular flexibility index (Phi) is 6.52. The lowest BCUT2D eigenvalue weighted by Gasteiger charge is -2.30. The highest BCUT2D eigenvalue weighted by atomic mass is 16.2. The predicted molar refractivity (Wildman–Crippen MR) is 116 cm³/mol. The van der Waals surface area contributed by atoms with E-state index in [4.69, 9.17) is 11.0 Å². The molecule has 1 aliphatic heterocycles. The van der Waals surface area contributed by atoms with Crippen LogP contribution < -0.4 is 16.4 Å². The molecule has 3 heterocycles. The summed E-state index contributed by atoms with van der Waals surface area (Å²) in [4.78, 5) is 23.2. The van der Waals surface area contributed by atoms with Crippen molar-refractivity contribution in [3.05, 3.63) is 29.8 Å². The molecule has 1 saturated carbocycles. The summed E-state index contributed by atoms with van der Waals surface area (Å²) < 4.78 is 0. The van der Waals surface area contributed by atoms with Gasteiger partial charge in [0.2, 0.25) is 0 Å². The second-order valence-corrected chi connectivity index (χ2v) is 8.14. The lowest BCUT2D eigenvalue weighted by molar-refractivity contribution is 0.0718. The topological polar surface area (TPSA) is 146 Å². The number of likely N-dealkylation sites (tertiary alicyclic amines) is 1. The Morgan fingerprint density at radius 3 is 2.65 bits per heavy atom. The molecule has 2 aromatic heterocycles. The average Bonchev–Trinajstić information content (AvgIpc) is 2.80. The number of nitrogens with one attached hydrogen (secondary N) is 2. The van der Waals surface area contributed by atoms with E-state index in [0.717, 1.165) is 58.0 Å². The molecular formula is C21H27N9O. The Bertz CT molecular complexity index is 950. The van der Waals surface area contributed by atoms with E-state index in [1.807, 2.05) is 11.0 Å². The molecule has 1 aliphatic carbocycles. The monoisotopic (exact) mass is 421 g/mol. The van der Waals surface area contributed by atoms with Crippen molar-refractivity contribution in [3.63, 3.8) is 0 Å². The van der Waals surface area contributed by atoms with Crippen LogP contribution in [0.4, 0.5) is 17.3 Å². The summed E-state index contributed by atoms with van der Waals surface area (Å²) in [5.41, 5.74) is 7.37. The maximum absolute atomic E-state index is 13.2. The van der Waals surface area contributed by atoms with Crippen LogP contribution in [-0.2, 0) is 0 Å². The van der Waals surface area contributed by atoms with E-state index in [-0.39, 0.29) is 23.7 Å². The fourth-order valence-corrected chi connectivity index (χ4v) is 4.13. The lowest BCUT2D eigenvalue weighted by Crippen LogP contribution is -2.38. The summed E-state index contributed by atoms with van der Waals surface area (Å²) in [5, 5.41) is 23.9. The molecule has 2 fully saturated rings. The van der Waals surface area contributed by atoms with Crippen LogP contribution in [-0.4, -0.2) is 56.1 Å². The van der Waals surface area contributed by atoms with E-state index in [2.05, 4.69) is 30.8 Å². The van der Waals surface area contributed by atoms with Gasteiger partial charge in [0.05, 0.1) is 18.1 Å².